The van der Waals surface area contributed by atoms with E-state index in [2.05, 4.69) is 44.8 Å². The van der Waals surface area contributed by atoms with Crippen molar-refractivity contribution in [1.82, 2.24) is 20.2 Å². The molecular formula is C16H13N5. The van der Waals surface area contributed by atoms with Crippen molar-refractivity contribution < 1.29 is 0 Å². The Morgan fingerprint density at radius 3 is 2.38 bits per heavy atom. The highest BCUT2D eigenvalue weighted by molar-refractivity contribution is 6.13. The number of nitrogens with zero attached hydrogens (tertiary/aromatic N) is 5. The third-order valence-corrected chi connectivity index (χ3v) is 3.51. The van der Waals surface area contributed by atoms with Gasteiger partial charge in [-0.25, -0.2) is 4.68 Å². The number of aromatic nitrogens is 4. The van der Waals surface area contributed by atoms with Gasteiger partial charge in [0, 0.05) is 0 Å². The van der Waals surface area contributed by atoms with Crippen molar-refractivity contribution in [3.05, 3.63) is 77.6 Å². The van der Waals surface area contributed by atoms with Gasteiger partial charge in [0.15, 0.2) is 11.9 Å². The molecule has 0 saturated carbocycles. The number of hydrogen-bond donors (Lipinski definition) is 0. The summed E-state index contributed by atoms with van der Waals surface area (Å²) in [5.74, 6) is 0.803. The summed E-state index contributed by atoms with van der Waals surface area (Å²) in [6.07, 6.45) is 0. The predicted molar refractivity (Wildman–Crippen MR) is 79.1 cm³/mol. The van der Waals surface area contributed by atoms with E-state index in [0.717, 1.165) is 17.1 Å². The lowest BCUT2D eigenvalue weighted by atomic mass is 10.1. The van der Waals surface area contributed by atoms with E-state index >= 15 is 0 Å². The summed E-state index contributed by atoms with van der Waals surface area (Å²) in [6, 6.07) is 20.3. The second-order valence-electron chi connectivity index (χ2n) is 4.96. The molecule has 0 radical (unpaired) electrons. The third-order valence-electron chi connectivity index (χ3n) is 3.51. The molecule has 0 saturated heterocycles. The lowest BCUT2D eigenvalue weighted by Gasteiger charge is -2.03. The van der Waals surface area contributed by atoms with Crippen molar-refractivity contribution in [2.45, 2.75) is 12.6 Å². The van der Waals surface area contributed by atoms with E-state index in [-0.39, 0.29) is 6.04 Å². The van der Waals surface area contributed by atoms with E-state index in [0.29, 0.717) is 6.54 Å². The summed E-state index contributed by atoms with van der Waals surface area (Å²) in [7, 11) is 0. The van der Waals surface area contributed by atoms with Crippen LogP contribution >= 0.6 is 0 Å². The van der Waals surface area contributed by atoms with Crippen molar-refractivity contribution in [2.24, 2.45) is 4.99 Å². The Kier molecular flexibility index (Phi) is 2.81. The van der Waals surface area contributed by atoms with Gasteiger partial charge in [0.25, 0.3) is 0 Å². The standard InChI is InChI=1S/C16H13N5/c1-3-7-12(8-4-1)11-21-16(18-19-20-21)15-14(17-15)13-9-5-2-6-10-13/h1-10,15H,11H2. The topological polar surface area (TPSA) is 56.0 Å². The molecule has 3 aromatic rings. The number of benzene rings is 2. The van der Waals surface area contributed by atoms with Crippen LogP contribution in [0.15, 0.2) is 65.7 Å². The Balaban J connectivity index is 1.55. The van der Waals surface area contributed by atoms with Gasteiger partial charge in [-0.05, 0) is 21.6 Å². The second-order valence-corrected chi connectivity index (χ2v) is 4.96. The van der Waals surface area contributed by atoms with E-state index in [9.17, 15) is 0 Å². The molecule has 0 aliphatic carbocycles. The Hall–Kier alpha value is -2.82. The largest absolute Gasteiger partial charge is 0.268 e. The molecule has 1 atom stereocenters. The molecule has 0 spiro atoms. The van der Waals surface area contributed by atoms with Gasteiger partial charge in [0.1, 0.15) is 0 Å². The fourth-order valence-corrected chi connectivity index (χ4v) is 2.40. The molecular weight excluding hydrogens is 262 g/mol. The maximum atomic E-state index is 4.52. The van der Waals surface area contributed by atoms with Crippen molar-refractivity contribution in [2.75, 3.05) is 0 Å². The van der Waals surface area contributed by atoms with E-state index in [4.69, 9.17) is 0 Å². The zero-order valence-electron chi connectivity index (χ0n) is 11.3. The lowest BCUT2D eigenvalue weighted by molar-refractivity contribution is 0.621. The Labute approximate surface area is 122 Å². The molecule has 21 heavy (non-hydrogen) atoms. The molecule has 4 rings (SSSR count). The summed E-state index contributed by atoms with van der Waals surface area (Å²) in [5, 5.41) is 12.0. The molecule has 5 nitrogen and oxygen atoms in total. The molecule has 2 aromatic carbocycles. The number of tetrazole rings is 1. The first kappa shape index (κ1) is 12.0. The highest BCUT2D eigenvalue weighted by Gasteiger charge is 2.35. The Morgan fingerprint density at radius 1 is 0.905 bits per heavy atom. The first-order chi connectivity index (χ1) is 10.4. The van der Waals surface area contributed by atoms with Gasteiger partial charge < -0.3 is 0 Å². The van der Waals surface area contributed by atoms with E-state index in [1.54, 1.807) is 0 Å². The fraction of sp³-hybridized carbons (Fsp3) is 0.125. The quantitative estimate of drug-likeness (QED) is 0.734. The first-order valence-electron chi connectivity index (χ1n) is 6.85. The maximum Gasteiger partial charge on any atom is 0.182 e. The van der Waals surface area contributed by atoms with Crippen LogP contribution in [0.1, 0.15) is 23.0 Å². The Morgan fingerprint density at radius 2 is 1.62 bits per heavy atom. The first-order valence-corrected chi connectivity index (χ1v) is 6.85. The van der Waals surface area contributed by atoms with Crippen LogP contribution in [-0.4, -0.2) is 25.9 Å². The van der Waals surface area contributed by atoms with Gasteiger partial charge in [-0.2, -0.15) is 0 Å². The summed E-state index contributed by atoms with van der Waals surface area (Å²) < 4.78 is 1.82. The Bertz CT molecular complexity index is 777. The van der Waals surface area contributed by atoms with Crippen LogP contribution < -0.4 is 0 Å². The fourth-order valence-electron chi connectivity index (χ4n) is 2.40. The molecule has 5 heteroatoms. The number of aliphatic imine (C=N–C) groups is 1. The van der Waals surface area contributed by atoms with Gasteiger partial charge in [-0.15, -0.1) is 5.10 Å². The molecule has 1 unspecified atom stereocenters. The van der Waals surface area contributed by atoms with Crippen LogP contribution in [0.3, 0.4) is 0 Å². The smallest absolute Gasteiger partial charge is 0.182 e. The van der Waals surface area contributed by atoms with Crippen LogP contribution in [-0.2, 0) is 6.54 Å². The van der Waals surface area contributed by atoms with Gasteiger partial charge >= 0.3 is 0 Å². The summed E-state index contributed by atoms with van der Waals surface area (Å²) in [4.78, 5) is 4.52. The molecule has 102 valence electrons. The van der Waals surface area contributed by atoms with Crippen LogP contribution in [0.25, 0.3) is 0 Å². The van der Waals surface area contributed by atoms with Crippen molar-refractivity contribution in [3.63, 3.8) is 0 Å². The van der Waals surface area contributed by atoms with Crippen LogP contribution in [0, 0.1) is 0 Å². The normalized spacial score (nSPS) is 16.6. The summed E-state index contributed by atoms with van der Waals surface area (Å²) in [6.45, 7) is 0.664. The molecule has 0 bridgehead atoms. The highest BCUT2D eigenvalue weighted by atomic mass is 15.5. The molecule has 2 heterocycles. The summed E-state index contributed by atoms with van der Waals surface area (Å²) in [5.41, 5.74) is 3.37. The van der Waals surface area contributed by atoms with Gasteiger partial charge in [0.05, 0.1) is 12.3 Å². The van der Waals surface area contributed by atoms with Crippen LogP contribution in [0.2, 0.25) is 0 Å². The van der Waals surface area contributed by atoms with E-state index < -0.39 is 0 Å². The van der Waals surface area contributed by atoms with Crippen molar-refractivity contribution >= 4 is 5.71 Å². The molecule has 1 aliphatic heterocycles. The van der Waals surface area contributed by atoms with Crippen molar-refractivity contribution in [3.8, 4) is 0 Å². The average Bonchev–Trinajstić information content (AvgIpc) is 3.21. The van der Waals surface area contributed by atoms with Gasteiger partial charge in [0.2, 0.25) is 0 Å². The van der Waals surface area contributed by atoms with Gasteiger partial charge in [-0.1, -0.05) is 60.7 Å². The maximum absolute atomic E-state index is 4.52. The molecule has 0 N–H and O–H groups in total. The monoisotopic (exact) mass is 275 g/mol. The summed E-state index contributed by atoms with van der Waals surface area (Å²) >= 11 is 0. The molecule has 1 aromatic heterocycles. The minimum atomic E-state index is -0.00823. The minimum absolute atomic E-state index is 0.00823. The minimum Gasteiger partial charge on any atom is -0.268 e. The number of rotatable bonds is 4. The average molecular weight is 275 g/mol. The lowest BCUT2D eigenvalue weighted by Crippen LogP contribution is -2.08. The molecule has 0 amide bonds. The van der Waals surface area contributed by atoms with Crippen LogP contribution in [0.5, 0.6) is 0 Å². The molecule has 1 aliphatic rings. The predicted octanol–water partition coefficient (Wildman–Crippen LogP) is 2.27. The van der Waals surface area contributed by atoms with Gasteiger partial charge in [-0.3, -0.25) is 4.99 Å². The SMILES string of the molecule is c1ccc(Cn2nnnc2C2N=C2c2ccccc2)cc1. The van der Waals surface area contributed by atoms with Crippen LogP contribution in [0.4, 0.5) is 0 Å². The second kappa shape index (κ2) is 4.94. The zero-order chi connectivity index (χ0) is 14.1. The third kappa shape index (κ3) is 2.33. The zero-order valence-corrected chi connectivity index (χ0v) is 11.3. The number of hydrogen-bond acceptors (Lipinski definition) is 4. The molecule has 0 fully saturated rings. The van der Waals surface area contributed by atoms with Crippen molar-refractivity contribution in [1.29, 1.82) is 0 Å². The van der Waals surface area contributed by atoms with E-state index in [1.807, 2.05) is 41.1 Å². The highest BCUT2D eigenvalue weighted by Crippen LogP contribution is 2.33. The van der Waals surface area contributed by atoms with E-state index in [1.165, 1.54) is 5.56 Å².